The van der Waals surface area contributed by atoms with E-state index < -0.39 is 0 Å². The average molecular weight is 615 g/mol. The summed E-state index contributed by atoms with van der Waals surface area (Å²) in [5.74, 6) is 1.86. The van der Waals surface area contributed by atoms with E-state index in [0.717, 1.165) is 66.1 Å². The second-order valence-electron chi connectivity index (χ2n) is 12.0. The first-order chi connectivity index (χ1) is 23.8. The third-order valence-corrected chi connectivity index (χ3v) is 9.23. The number of furan rings is 1. The molecule has 0 atom stereocenters. The van der Waals surface area contributed by atoms with Crippen molar-refractivity contribution >= 4 is 54.5 Å². The maximum Gasteiger partial charge on any atom is 0.164 e. The van der Waals surface area contributed by atoms with Crippen molar-refractivity contribution in [2.24, 2.45) is 0 Å². The molecule has 5 heteroatoms. The molecule has 224 valence electrons. The van der Waals surface area contributed by atoms with Gasteiger partial charge in [0.2, 0.25) is 0 Å². The predicted molar refractivity (Wildman–Crippen MR) is 195 cm³/mol. The zero-order chi connectivity index (χ0) is 31.6. The highest BCUT2D eigenvalue weighted by atomic mass is 16.3. The molecule has 0 fully saturated rings. The SMILES string of the molecule is c1ccc(-c2nc(-c3ccccc3)nc(-c3cc4ccccc4c4oc5cc(-n6c7ccccc7c7ccccc76)ccc5c34)n2)cc1. The number of hydrogen-bond acceptors (Lipinski definition) is 4. The van der Waals surface area contributed by atoms with Crippen LogP contribution in [0.15, 0.2) is 162 Å². The Morgan fingerprint density at radius 3 is 1.62 bits per heavy atom. The van der Waals surface area contributed by atoms with Crippen molar-refractivity contribution in [3.63, 3.8) is 0 Å². The quantitative estimate of drug-likeness (QED) is 0.198. The summed E-state index contributed by atoms with van der Waals surface area (Å²) in [4.78, 5) is 15.1. The highest BCUT2D eigenvalue weighted by Gasteiger charge is 2.21. The van der Waals surface area contributed by atoms with Crippen molar-refractivity contribution in [2.75, 3.05) is 0 Å². The Bertz CT molecular complexity index is 2720. The van der Waals surface area contributed by atoms with Gasteiger partial charge in [-0.25, -0.2) is 15.0 Å². The zero-order valence-electron chi connectivity index (χ0n) is 25.7. The second kappa shape index (κ2) is 10.5. The van der Waals surface area contributed by atoms with Crippen LogP contribution in [0.5, 0.6) is 0 Å². The lowest BCUT2D eigenvalue weighted by atomic mass is 9.99. The minimum Gasteiger partial charge on any atom is -0.455 e. The Morgan fingerprint density at radius 2 is 0.979 bits per heavy atom. The van der Waals surface area contributed by atoms with Gasteiger partial charge in [-0.1, -0.05) is 121 Å². The van der Waals surface area contributed by atoms with E-state index in [4.69, 9.17) is 19.4 Å². The lowest BCUT2D eigenvalue weighted by Gasteiger charge is -2.10. The maximum absolute atomic E-state index is 6.84. The summed E-state index contributed by atoms with van der Waals surface area (Å²) in [5, 5.41) is 6.56. The molecular weight excluding hydrogens is 589 g/mol. The number of nitrogens with zero attached hydrogens (tertiary/aromatic N) is 4. The van der Waals surface area contributed by atoms with Crippen LogP contribution in [-0.4, -0.2) is 19.5 Å². The predicted octanol–water partition coefficient (Wildman–Crippen LogP) is 11.0. The average Bonchev–Trinajstić information content (AvgIpc) is 3.71. The van der Waals surface area contributed by atoms with Gasteiger partial charge in [-0.05, 0) is 35.7 Å². The van der Waals surface area contributed by atoms with Gasteiger partial charge in [0.25, 0.3) is 0 Å². The molecule has 5 nitrogen and oxygen atoms in total. The van der Waals surface area contributed by atoms with Crippen LogP contribution >= 0.6 is 0 Å². The third-order valence-electron chi connectivity index (χ3n) is 9.23. The smallest absolute Gasteiger partial charge is 0.164 e. The summed E-state index contributed by atoms with van der Waals surface area (Å²) in [7, 11) is 0. The molecular formula is C43H26N4O. The molecule has 0 unspecified atom stereocenters. The molecule has 0 bridgehead atoms. The van der Waals surface area contributed by atoms with Crippen molar-refractivity contribution in [3.8, 4) is 39.9 Å². The van der Waals surface area contributed by atoms with E-state index >= 15 is 0 Å². The minimum absolute atomic E-state index is 0.604. The van der Waals surface area contributed by atoms with Crippen LogP contribution in [0.4, 0.5) is 0 Å². The van der Waals surface area contributed by atoms with Gasteiger partial charge >= 0.3 is 0 Å². The number of rotatable bonds is 4. The number of fused-ring (bicyclic) bond motifs is 8. The number of para-hydroxylation sites is 2. The molecule has 3 aromatic heterocycles. The van der Waals surface area contributed by atoms with Crippen LogP contribution in [0.2, 0.25) is 0 Å². The number of hydrogen-bond donors (Lipinski definition) is 0. The molecule has 0 spiro atoms. The fourth-order valence-electron chi connectivity index (χ4n) is 7.04. The molecule has 0 N–H and O–H groups in total. The third kappa shape index (κ3) is 4.08. The molecule has 7 aromatic carbocycles. The Balaban J connectivity index is 1.26. The van der Waals surface area contributed by atoms with Crippen molar-refractivity contribution in [3.05, 3.63) is 158 Å². The van der Waals surface area contributed by atoms with Gasteiger partial charge in [0.15, 0.2) is 17.5 Å². The van der Waals surface area contributed by atoms with Crippen molar-refractivity contribution < 1.29 is 4.42 Å². The largest absolute Gasteiger partial charge is 0.455 e. The van der Waals surface area contributed by atoms with Crippen LogP contribution in [0.3, 0.4) is 0 Å². The first-order valence-electron chi connectivity index (χ1n) is 16.0. The van der Waals surface area contributed by atoms with E-state index in [0.29, 0.717) is 17.5 Å². The fraction of sp³-hybridized carbons (Fsp3) is 0. The van der Waals surface area contributed by atoms with E-state index in [9.17, 15) is 0 Å². The maximum atomic E-state index is 6.84. The van der Waals surface area contributed by atoms with Crippen molar-refractivity contribution in [1.29, 1.82) is 0 Å². The second-order valence-corrected chi connectivity index (χ2v) is 12.0. The number of aromatic nitrogens is 4. The van der Waals surface area contributed by atoms with Crippen LogP contribution < -0.4 is 0 Å². The van der Waals surface area contributed by atoms with Gasteiger partial charge in [-0.3, -0.25) is 0 Å². The molecule has 0 saturated carbocycles. The standard InChI is InChI=1S/C43H26N4O/c1-3-13-27(14-4-1)41-44-42(28-15-5-2-6-16-28)46-43(45-41)35-25-29-17-7-8-18-31(29)40-39(35)34-24-23-30(26-38(34)48-40)47-36-21-11-9-19-32(36)33-20-10-12-22-37(33)47/h1-26H. The van der Waals surface area contributed by atoms with Gasteiger partial charge < -0.3 is 8.98 Å². The van der Waals surface area contributed by atoms with Gasteiger partial charge in [-0.15, -0.1) is 0 Å². The molecule has 10 rings (SSSR count). The Labute approximate surface area is 275 Å². The summed E-state index contributed by atoms with van der Waals surface area (Å²) in [6.45, 7) is 0. The summed E-state index contributed by atoms with van der Waals surface area (Å²) in [5.41, 5.74) is 7.76. The summed E-state index contributed by atoms with van der Waals surface area (Å²) in [6, 6.07) is 54.4. The minimum atomic E-state index is 0.604. The van der Waals surface area contributed by atoms with E-state index in [1.807, 2.05) is 60.7 Å². The first kappa shape index (κ1) is 26.6. The fourth-order valence-corrected chi connectivity index (χ4v) is 7.04. The van der Waals surface area contributed by atoms with Gasteiger partial charge in [0.05, 0.1) is 11.0 Å². The molecule has 0 saturated heterocycles. The summed E-state index contributed by atoms with van der Waals surface area (Å²) < 4.78 is 9.16. The highest BCUT2D eigenvalue weighted by Crippen LogP contribution is 2.42. The van der Waals surface area contributed by atoms with E-state index in [-0.39, 0.29) is 0 Å². The topological polar surface area (TPSA) is 56.7 Å². The molecule has 10 aromatic rings. The van der Waals surface area contributed by atoms with Crippen LogP contribution in [0, 0.1) is 0 Å². The lowest BCUT2D eigenvalue weighted by Crippen LogP contribution is -2.00. The first-order valence-corrected chi connectivity index (χ1v) is 16.0. The summed E-state index contributed by atoms with van der Waals surface area (Å²) >= 11 is 0. The molecule has 0 aliphatic rings. The van der Waals surface area contributed by atoms with E-state index in [2.05, 4.69) is 102 Å². The normalized spacial score (nSPS) is 11.8. The highest BCUT2D eigenvalue weighted by molar-refractivity contribution is 6.21. The zero-order valence-corrected chi connectivity index (χ0v) is 25.7. The lowest BCUT2D eigenvalue weighted by molar-refractivity contribution is 0.672. The number of benzene rings is 7. The van der Waals surface area contributed by atoms with Crippen LogP contribution in [-0.2, 0) is 0 Å². The van der Waals surface area contributed by atoms with Crippen molar-refractivity contribution in [2.45, 2.75) is 0 Å². The Hall–Kier alpha value is -6.59. The monoisotopic (exact) mass is 614 g/mol. The van der Waals surface area contributed by atoms with E-state index in [1.54, 1.807) is 0 Å². The van der Waals surface area contributed by atoms with Crippen LogP contribution in [0.25, 0.3) is 94.4 Å². The Kier molecular flexibility index (Phi) is 5.81. The molecule has 0 aliphatic carbocycles. The Morgan fingerprint density at radius 1 is 0.438 bits per heavy atom. The molecule has 0 radical (unpaired) electrons. The summed E-state index contributed by atoms with van der Waals surface area (Å²) in [6.07, 6.45) is 0. The van der Waals surface area contributed by atoms with Gasteiger partial charge in [-0.2, -0.15) is 0 Å². The van der Waals surface area contributed by atoms with E-state index in [1.165, 1.54) is 10.8 Å². The van der Waals surface area contributed by atoms with Crippen LogP contribution in [0.1, 0.15) is 0 Å². The molecule has 48 heavy (non-hydrogen) atoms. The van der Waals surface area contributed by atoms with Crippen molar-refractivity contribution in [1.82, 2.24) is 19.5 Å². The van der Waals surface area contributed by atoms with Gasteiger partial charge in [0.1, 0.15) is 11.2 Å². The molecule has 3 heterocycles. The molecule has 0 aliphatic heterocycles. The molecule has 0 amide bonds. The van der Waals surface area contributed by atoms with Gasteiger partial charge in [0, 0.05) is 55.4 Å².